The molecule has 1 N–H and O–H groups in total. The van der Waals surface area contributed by atoms with Crippen molar-refractivity contribution in [1.82, 2.24) is 15.1 Å². The Hall–Kier alpha value is -3.84. The van der Waals surface area contributed by atoms with Gasteiger partial charge >= 0.3 is 0 Å². The van der Waals surface area contributed by atoms with Gasteiger partial charge in [-0.15, -0.1) is 0 Å². The number of carbonyl (C=O) groups is 2. The van der Waals surface area contributed by atoms with Gasteiger partial charge in [-0.05, 0) is 79.7 Å². The maximum absolute atomic E-state index is 13.5. The molecule has 2 aliphatic heterocycles. The molecule has 2 fully saturated rings. The third-order valence-electron chi connectivity index (χ3n) is 8.74. The summed E-state index contributed by atoms with van der Waals surface area (Å²) in [6, 6.07) is 25.8. The molecule has 5 rings (SSSR count). The fraction of sp³-hybridized carbons (Fsp3) is 0.412. The standard InChI is InChI=1S/C34H41N3O4/c1-40-29-12-8-26(9-13-29)24-32(38)35-31(28-6-4-3-5-7-28)16-20-36-21-17-34(18-22-36)19-23-37(33(34)39)25-27-10-14-30(41-2)15-11-27/h3-15,31H,16-25H2,1-2H3,(H,35,38). The molecule has 3 aromatic carbocycles. The molecule has 2 saturated heterocycles. The number of carbonyl (C=O) groups excluding carboxylic acids is 2. The van der Waals surface area contributed by atoms with Gasteiger partial charge in [-0.2, -0.15) is 0 Å². The highest BCUT2D eigenvalue weighted by molar-refractivity contribution is 5.85. The Balaban J connectivity index is 1.13. The summed E-state index contributed by atoms with van der Waals surface area (Å²) < 4.78 is 10.5. The van der Waals surface area contributed by atoms with E-state index in [0.717, 1.165) is 80.1 Å². The zero-order valence-electron chi connectivity index (χ0n) is 24.2. The van der Waals surface area contributed by atoms with Crippen LogP contribution in [0.5, 0.6) is 11.5 Å². The van der Waals surface area contributed by atoms with Crippen molar-refractivity contribution in [3.8, 4) is 11.5 Å². The first-order valence-electron chi connectivity index (χ1n) is 14.6. The number of hydrogen-bond donors (Lipinski definition) is 1. The van der Waals surface area contributed by atoms with E-state index in [-0.39, 0.29) is 17.4 Å². The molecule has 0 aromatic heterocycles. The van der Waals surface area contributed by atoms with Crippen molar-refractivity contribution in [2.24, 2.45) is 5.41 Å². The molecule has 0 bridgehead atoms. The zero-order chi connectivity index (χ0) is 28.7. The molecule has 2 aliphatic rings. The second kappa shape index (κ2) is 13.2. The number of methoxy groups -OCH3 is 2. The highest BCUT2D eigenvalue weighted by Crippen LogP contribution is 2.42. The number of ether oxygens (including phenoxy) is 2. The number of rotatable bonds is 11. The van der Waals surface area contributed by atoms with Crippen molar-refractivity contribution in [2.75, 3.05) is 40.4 Å². The number of piperidine rings is 1. The van der Waals surface area contributed by atoms with Gasteiger partial charge in [-0.1, -0.05) is 54.6 Å². The molecule has 7 nitrogen and oxygen atoms in total. The Labute approximate surface area is 243 Å². The molecule has 2 amide bonds. The molecular weight excluding hydrogens is 514 g/mol. The highest BCUT2D eigenvalue weighted by Gasteiger charge is 2.47. The summed E-state index contributed by atoms with van der Waals surface area (Å²) in [6.07, 6.45) is 3.87. The van der Waals surface area contributed by atoms with E-state index in [0.29, 0.717) is 18.9 Å². The summed E-state index contributed by atoms with van der Waals surface area (Å²) in [5.41, 5.74) is 2.98. The molecule has 7 heteroatoms. The Morgan fingerprint density at radius 2 is 1.41 bits per heavy atom. The number of nitrogens with zero attached hydrogens (tertiary/aromatic N) is 2. The lowest BCUT2D eigenvalue weighted by Gasteiger charge is -2.38. The average molecular weight is 556 g/mol. The second-order valence-corrected chi connectivity index (χ2v) is 11.3. The van der Waals surface area contributed by atoms with Gasteiger partial charge in [0, 0.05) is 19.6 Å². The summed E-state index contributed by atoms with van der Waals surface area (Å²) in [4.78, 5) is 31.0. The number of amides is 2. The SMILES string of the molecule is COc1ccc(CC(=O)NC(CCN2CCC3(CC2)CCN(Cc2ccc(OC)cc2)C3=O)c2ccccc2)cc1. The number of hydrogen-bond acceptors (Lipinski definition) is 5. The predicted octanol–water partition coefficient (Wildman–Crippen LogP) is 5.01. The van der Waals surface area contributed by atoms with Gasteiger partial charge in [0.15, 0.2) is 0 Å². The van der Waals surface area contributed by atoms with E-state index in [1.165, 1.54) is 0 Å². The molecule has 1 atom stereocenters. The van der Waals surface area contributed by atoms with Crippen LogP contribution >= 0.6 is 0 Å². The van der Waals surface area contributed by atoms with Crippen LogP contribution in [0.4, 0.5) is 0 Å². The lowest BCUT2D eigenvalue weighted by molar-refractivity contribution is -0.139. The molecule has 1 unspecified atom stereocenters. The summed E-state index contributed by atoms with van der Waals surface area (Å²) in [7, 11) is 3.30. The smallest absolute Gasteiger partial charge is 0.229 e. The van der Waals surface area contributed by atoms with Crippen LogP contribution in [-0.2, 0) is 22.6 Å². The van der Waals surface area contributed by atoms with Gasteiger partial charge in [0.1, 0.15) is 11.5 Å². The fourth-order valence-corrected chi connectivity index (χ4v) is 6.16. The van der Waals surface area contributed by atoms with Crippen LogP contribution in [0, 0.1) is 5.41 Å². The average Bonchev–Trinajstić information content (AvgIpc) is 3.31. The van der Waals surface area contributed by atoms with Gasteiger partial charge in [0.2, 0.25) is 11.8 Å². The molecule has 1 spiro atoms. The topological polar surface area (TPSA) is 71.1 Å². The van der Waals surface area contributed by atoms with Crippen LogP contribution in [0.3, 0.4) is 0 Å². The second-order valence-electron chi connectivity index (χ2n) is 11.3. The Kier molecular flexibility index (Phi) is 9.24. The van der Waals surface area contributed by atoms with Crippen molar-refractivity contribution in [3.63, 3.8) is 0 Å². The molecule has 2 heterocycles. The molecule has 0 radical (unpaired) electrons. The third-order valence-corrected chi connectivity index (χ3v) is 8.74. The Morgan fingerprint density at radius 3 is 2.02 bits per heavy atom. The summed E-state index contributed by atoms with van der Waals surface area (Å²) >= 11 is 0. The summed E-state index contributed by atoms with van der Waals surface area (Å²) in [5, 5.41) is 3.28. The third kappa shape index (κ3) is 7.09. The van der Waals surface area contributed by atoms with Gasteiger partial charge in [-0.3, -0.25) is 9.59 Å². The van der Waals surface area contributed by atoms with E-state index >= 15 is 0 Å². The van der Waals surface area contributed by atoms with Crippen LogP contribution in [0.1, 0.15) is 48.4 Å². The first-order chi connectivity index (χ1) is 20.0. The summed E-state index contributed by atoms with van der Waals surface area (Å²) in [5.74, 6) is 1.93. The molecular formula is C34H41N3O4. The van der Waals surface area contributed by atoms with Crippen molar-refractivity contribution in [1.29, 1.82) is 0 Å². The minimum absolute atomic E-state index is 0.00937. The van der Waals surface area contributed by atoms with Gasteiger partial charge in [-0.25, -0.2) is 0 Å². The monoisotopic (exact) mass is 555 g/mol. The fourth-order valence-electron chi connectivity index (χ4n) is 6.16. The minimum Gasteiger partial charge on any atom is -0.497 e. The first kappa shape index (κ1) is 28.7. The van der Waals surface area contributed by atoms with Crippen LogP contribution < -0.4 is 14.8 Å². The van der Waals surface area contributed by atoms with Gasteiger partial charge in [0.25, 0.3) is 0 Å². The van der Waals surface area contributed by atoms with E-state index in [2.05, 4.69) is 22.3 Å². The molecule has 41 heavy (non-hydrogen) atoms. The lowest BCUT2D eigenvalue weighted by atomic mass is 9.77. The van der Waals surface area contributed by atoms with Gasteiger partial charge < -0.3 is 24.6 Å². The quantitative estimate of drug-likeness (QED) is 0.360. The van der Waals surface area contributed by atoms with Crippen LogP contribution in [0.2, 0.25) is 0 Å². The van der Waals surface area contributed by atoms with Crippen molar-refractivity contribution in [2.45, 2.75) is 44.7 Å². The predicted molar refractivity (Wildman–Crippen MR) is 160 cm³/mol. The number of likely N-dealkylation sites (tertiary alicyclic amines) is 2. The van der Waals surface area contributed by atoms with Gasteiger partial charge in [0.05, 0.1) is 32.1 Å². The Morgan fingerprint density at radius 1 is 0.829 bits per heavy atom. The van der Waals surface area contributed by atoms with Crippen molar-refractivity contribution >= 4 is 11.8 Å². The maximum atomic E-state index is 13.5. The van der Waals surface area contributed by atoms with Crippen LogP contribution in [0.15, 0.2) is 78.9 Å². The largest absolute Gasteiger partial charge is 0.497 e. The van der Waals surface area contributed by atoms with Crippen LogP contribution in [0.25, 0.3) is 0 Å². The minimum atomic E-state index is -0.228. The van der Waals surface area contributed by atoms with E-state index in [1.54, 1.807) is 14.2 Å². The molecule has 216 valence electrons. The summed E-state index contributed by atoms with van der Waals surface area (Å²) in [6.45, 7) is 4.17. The number of benzene rings is 3. The van der Waals surface area contributed by atoms with E-state index in [9.17, 15) is 9.59 Å². The van der Waals surface area contributed by atoms with Crippen molar-refractivity contribution in [3.05, 3.63) is 95.6 Å². The maximum Gasteiger partial charge on any atom is 0.229 e. The molecule has 0 aliphatic carbocycles. The van der Waals surface area contributed by atoms with E-state index in [1.807, 2.05) is 71.6 Å². The normalized spacial score (nSPS) is 17.4. The lowest BCUT2D eigenvalue weighted by Crippen LogP contribution is -2.45. The van der Waals surface area contributed by atoms with Crippen LogP contribution in [-0.4, -0.2) is 62.0 Å². The van der Waals surface area contributed by atoms with E-state index < -0.39 is 0 Å². The first-order valence-corrected chi connectivity index (χ1v) is 14.6. The van der Waals surface area contributed by atoms with Crippen molar-refractivity contribution < 1.29 is 19.1 Å². The zero-order valence-corrected chi connectivity index (χ0v) is 24.2. The highest BCUT2D eigenvalue weighted by atomic mass is 16.5. The number of nitrogens with one attached hydrogen (secondary N) is 1. The molecule has 0 saturated carbocycles. The Bertz CT molecular complexity index is 1290. The van der Waals surface area contributed by atoms with E-state index in [4.69, 9.17) is 9.47 Å². The molecule has 3 aromatic rings.